The first-order chi connectivity index (χ1) is 9.61. The molecule has 1 aromatic heterocycles. The predicted octanol–water partition coefficient (Wildman–Crippen LogP) is 2.05. The summed E-state index contributed by atoms with van der Waals surface area (Å²) in [6.45, 7) is 3.05. The minimum atomic E-state index is -0.198. The maximum absolute atomic E-state index is 11.9. The van der Waals surface area contributed by atoms with Crippen LogP contribution in [0.1, 0.15) is 17.4 Å². The summed E-state index contributed by atoms with van der Waals surface area (Å²) in [6.07, 6.45) is 0. The number of H-pyrrole nitrogens is 1. The molecule has 1 aromatic carbocycles. The molecular formula is C14H17ClN4O. The van der Waals surface area contributed by atoms with Crippen LogP contribution in [0.4, 0.5) is 0 Å². The average Bonchev–Trinajstić information content (AvgIpc) is 2.94. The number of hydrogen-bond acceptors (Lipinski definition) is 3. The molecule has 0 aliphatic carbocycles. The fraction of sp³-hybridized carbons (Fsp3) is 0.286. The van der Waals surface area contributed by atoms with Gasteiger partial charge in [-0.1, -0.05) is 36.7 Å². The summed E-state index contributed by atoms with van der Waals surface area (Å²) in [5.74, 6) is 0.0426. The van der Waals surface area contributed by atoms with E-state index in [4.69, 9.17) is 17.3 Å². The van der Waals surface area contributed by atoms with Crippen LogP contribution < -0.4 is 11.1 Å². The minimum Gasteiger partial charge on any atom is -0.350 e. The summed E-state index contributed by atoms with van der Waals surface area (Å²) in [7, 11) is 0. The van der Waals surface area contributed by atoms with Crippen LogP contribution in [0.25, 0.3) is 11.3 Å². The van der Waals surface area contributed by atoms with Gasteiger partial charge in [0.2, 0.25) is 0 Å². The Kier molecular flexibility index (Phi) is 4.76. The number of benzene rings is 1. The number of amides is 1. The Balaban J connectivity index is 2.09. The maximum Gasteiger partial charge on any atom is 0.269 e. The van der Waals surface area contributed by atoms with E-state index in [2.05, 4.69) is 15.5 Å². The van der Waals surface area contributed by atoms with Gasteiger partial charge in [-0.05, 0) is 24.6 Å². The largest absolute Gasteiger partial charge is 0.350 e. The zero-order valence-corrected chi connectivity index (χ0v) is 11.9. The van der Waals surface area contributed by atoms with E-state index in [9.17, 15) is 4.79 Å². The summed E-state index contributed by atoms with van der Waals surface area (Å²) in [6, 6.07) is 9.05. The molecule has 5 nitrogen and oxygen atoms in total. The molecule has 0 aliphatic heterocycles. The molecule has 0 fully saturated rings. The monoisotopic (exact) mass is 292 g/mol. The smallest absolute Gasteiger partial charge is 0.269 e. The van der Waals surface area contributed by atoms with Crippen molar-refractivity contribution in [1.82, 2.24) is 15.5 Å². The number of nitrogens with zero attached hydrogens (tertiary/aromatic N) is 1. The van der Waals surface area contributed by atoms with E-state index in [-0.39, 0.29) is 11.8 Å². The zero-order chi connectivity index (χ0) is 14.5. The van der Waals surface area contributed by atoms with Gasteiger partial charge >= 0.3 is 0 Å². The molecule has 0 saturated heterocycles. The Morgan fingerprint density at radius 2 is 2.25 bits per heavy atom. The van der Waals surface area contributed by atoms with Crippen LogP contribution >= 0.6 is 11.6 Å². The summed E-state index contributed by atoms with van der Waals surface area (Å²) in [4.78, 5) is 11.9. The van der Waals surface area contributed by atoms with Crippen LogP contribution in [0.15, 0.2) is 30.3 Å². The van der Waals surface area contributed by atoms with E-state index in [0.717, 1.165) is 5.56 Å². The third-order valence-electron chi connectivity index (χ3n) is 2.99. The first-order valence-corrected chi connectivity index (χ1v) is 6.78. The van der Waals surface area contributed by atoms with Crippen molar-refractivity contribution in [2.45, 2.75) is 6.92 Å². The van der Waals surface area contributed by atoms with Crippen LogP contribution in [-0.2, 0) is 0 Å². The molecule has 0 bridgehead atoms. The molecule has 0 aliphatic rings. The number of nitrogens with one attached hydrogen (secondary N) is 2. The second kappa shape index (κ2) is 6.54. The summed E-state index contributed by atoms with van der Waals surface area (Å²) in [5, 5.41) is 10.2. The molecule has 1 amide bonds. The van der Waals surface area contributed by atoms with Gasteiger partial charge in [0.25, 0.3) is 5.91 Å². The molecule has 0 spiro atoms. The molecule has 6 heteroatoms. The molecule has 2 rings (SSSR count). The van der Waals surface area contributed by atoms with Gasteiger partial charge in [0.05, 0.1) is 10.7 Å². The lowest BCUT2D eigenvalue weighted by molar-refractivity contribution is 0.0943. The average molecular weight is 293 g/mol. The van der Waals surface area contributed by atoms with E-state index < -0.39 is 0 Å². The van der Waals surface area contributed by atoms with Crippen LogP contribution in [-0.4, -0.2) is 29.2 Å². The van der Waals surface area contributed by atoms with Crippen molar-refractivity contribution < 1.29 is 4.79 Å². The van der Waals surface area contributed by atoms with Gasteiger partial charge in [-0.3, -0.25) is 9.89 Å². The van der Waals surface area contributed by atoms with Gasteiger partial charge in [0.15, 0.2) is 0 Å². The van der Waals surface area contributed by atoms with Gasteiger partial charge in [0, 0.05) is 12.1 Å². The van der Waals surface area contributed by atoms with E-state index in [1.165, 1.54) is 0 Å². The molecular weight excluding hydrogens is 276 g/mol. The van der Waals surface area contributed by atoms with Gasteiger partial charge in [-0.25, -0.2) is 0 Å². The van der Waals surface area contributed by atoms with E-state index in [0.29, 0.717) is 29.5 Å². The van der Waals surface area contributed by atoms with Crippen molar-refractivity contribution >= 4 is 17.5 Å². The molecule has 0 radical (unpaired) electrons. The summed E-state index contributed by atoms with van der Waals surface area (Å²) in [5.41, 5.74) is 7.35. The van der Waals surface area contributed by atoms with E-state index in [1.54, 1.807) is 12.1 Å². The second-order valence-corrected chi connectivity index (χ2v) is 5.10. The van der Waals surface area contributed by atoms with Gasteiger partial charge in [-0.2, -0.15) is 5.10 Å². The van der Waals surface area contributed by atoms with Crippen molar-refractivity contribution in [2.24, 2.45) is 11.7 Å². The van der Waals surface area contributed by atoms with Crippen LogP contribution in [0.2, 0.25) is 5.02 Å². The number of hydrogen-bond donors (Lipinski definition) is 3. The number of aromatic amines is 1. The van der Waals surface area contributed by atoms with Gasteiger partial charge < -0.3 is 11.1 Å². The molecule has 20 heavy (non-hydrogen) atoms. The minimum absolute atomic E-state index is 0.198. The fourth-order valence-corrected chi connectivity index (χ4v) is 1.92. The number of rotatable bonds is 5. The number of carbonyl (C=O) groups excluding carboxylic acids is 1. The Labute approximate surface area is 122 Å². The van der Waals surface area contributed by atoms with Crippen LogP contribution in [0, 0.1) is 5.92 Å². The Morgan fingerprint density at radius 3 is 2.95 bits per heavy atom. The van der Waals surface area contributed by atoms with Crippen molar-refractivity contribution in [1.29, 1.82) is 0 Å². The molecule has 1 unspecified atom stereocenters. The first-order valence-electron chi connectivity index (χ1n) is 6.40. The first kappa shape index (κ1) is 14.6. The quantitative estimate of drug-likeness (QED) is 0.788. The van der Waals surface area contributed by atoms with E-state index in [1.807, 2.05) is 25.1 Å². The third kappa shape index (κ3) is 3.37. The van der Waals surface area contributed by atoms with Gasteiger partial charge in [0.1, 0.15) is 5.69 Å². The lowest BCUT2D eigenvalue weighted by Crippen LogP contribution is -2.31. The third-order valence-corrected chi connectivity index (χ3v) is 3.32. The van der Waals surface area contributed by atoms with Crippen molar-refractivity contribution in [2.75, 3.05) is 13.1 Å². The molecule has 4 N–H and O–H groups in total. The Morgan fingerprint density at radius 1 is 1.50 bits per heavy atom. The standard InChI is InChI=1S/C14H17ClN4O/c1-9(7-16)8-17-14(20)13-6-12(18-19-13)10-4-2-3-5-11(10)15/h2-6,9H,7-8,16H2,1H3,(H,17,20)(H,18,19). The van der Waals surface area contributed by atoms with E-state index >= 15 is 0 Å². The number of nitrogens with two attached hydrogens (primary N) is 1. The van der Waals surface area contributed by atoms with Crippen LogP contribution in [0.5, 0.6) is 0 Å². The normalized spacial score (nSPS) is 12.2. The topological polar surface area (TPSA) is 83.8 Å². The highest BCUT2D eigenvalue weighted by molar-refractivity contribution is 6.33. The molecule has 2 aromatic rings. The number of carbonyl (C=O) groups is 1. The zero-order valence-electron chi connectivity index (χ0n) is 11.2. The highest BCUT2D eigenvalue weighted by atomic mass is 35.5. The second-order valence-electron chi connectivity index (χ2n) is 4.70. The Bertz CT molecular complexity index is 596. The number of aromatic nitrogens is 2. The maximum atomic E-state index is 11.9. The predicted molar refractivity (Wildman–Crippen MR) is 79.6 cm³/mol. The molecule has 0 saturated carbocycles. The van der Waals surface area contributed by atoms with Gasteiger partial charge in [-0.15, -0.1) is 0 Å². The Hall–Kier alpha value is -1.85. The SMILES string of the molecule is CC(CN)CNC(=O)c1cc(-c2ccccc2Cl)n[nH]1. The lowest BCUT2D eigenvalue weighted by atomic mass is 10.1. The summed E-state index contributed by atoms with van der Waals surface area (Å²) < 4.78 is 0. The van der Waals surface area contributed by atoms with Crippen molar-refractivity contribution in [3.05, 3.63) is 41.0 Å². The van der Waals surface area contributed by atoms with Crippen molar-refractivity contribution in [3.63, 3.8) is 0 Å². The lowest BCUT2D eigenvalue weighted by Gasteiger charge is -2.08. The molecule has 1 atom stereocenters. The fourth-order valence-electron chi connectivity index (χ4n) is 1.69. The van der Waals surface area contributed by atoms with Crippen molar-refractivity contribution in [3.8, 4) is 11.3 Å². The molecule has 1 heterocycles. The summed E-state index contributed by atoms with van der Waals surface area (Å²) >= 11 is 6.10. The van der Waals surface area contributed by atoms with Crippen LogP contribution in [0.3, 0.4) is 0 Å². The number of halogens is 1. The highest BCUT2D eigenvalue weighted by Gasteiger charge is 2.13. The highest BCUT2D eigenvalue weighted by Crippen LogP contribution is 2.26. The molecule has 106 valence electrons.